The minimum atomic E-state index is 0.654. The SMILES string of the molecule is C=C(CCCCCCc1ncc(C(=C/c2ccccc2C)/C(=C/CCC)OC)[nH]1)c1ncco1. The maximum Gasteiger partial charge on any atom is 0.221 e. The largest absolute Gasteiger partial charge is 0.496 e. The van der Waals surface area contributed by atoms with Crippen molar-refractivity contribution < 1.29 is 9.15 Å². The Labute approximate surface area is 203 Å². The first-order chi connectivity index (χ1) is 16.6. The van der Waals surface area contributed by atoms with Gasteiger partial charge in [0.2, 0.25) is 5.89 Å². The number of hydrogen-bond donors (Lipinski definition) is 1. The van der Waals surface area contributed by atoms with Gasteiger partial charge in [0.25, 0.3) is 0 Å². The molecule has 0 amide bonds. The van der Waals surface area contributed by atoms with E-state index >= 15 is 0 Å². The number of ether oxygens (including phenoxy) is 1. The minimum absolute atomic E-state index is 0.654. The first-order valence-electron chi connectivity index (χ1n) is 12.3. The summed E-state index contributed by atoms with van der Waals surface area (Å²) in [4.78, 5) is 12.4. The molecule has 3 rings (SSSR count). The van der Waals surface area contributed by atoms with Gasteiger partial charge in [0.1, 0.15) is 17.8 Å². The second kappa shape index (κ2) is 13.4. The van der Waals surface area contributed by atoms with Crippen LogP contribution in [0, 0.1) is 6.92 Å². The van der Waals surface area contributed by atoms with Gasteiger partial charge in [-0.05, 0) is 55.9 Å². The number of nitrogens with one attached hydrogen (secondary N) is 1. The van der Waals surface area contributed by atoms with Crippen molar-refractivity contribution in [3.63, 3.8) is 0 Å². The third kappa shape index (κ3) is 7.34. The van der Waals surface area contributed by atoms with Gasteiger partial charge in [-0.15, -0.1) is 0 Å². The second-order valence-electron chi connectivity index (χ2n) is 8.57. The summed E-state index contributed by atoms with van der Waals surface area (Å²) in [5, 5.41) is 0. The lowest BCUT2D eigenvalue weighted by Crippen LogP contribution is -1.96. The molecule has 180 valence electrons. The third-order valence-electron chi connectivity index (χ3n) is 5.89. The van der Waals surface area contributed by atoms with Crippen LogP contribution in [0.3, 0.4) is 0 Å². The Morgan fingerprint density at radius 3 is 2.71 bits per heavy atom. The number of imidazole rings is 1. The van der Waals surface area contributed by atoms with Crippen LogP contribution in [0.1, 0.15) is 80.4 Å². The molecule has 2 aromatic heterocycles. The molecule has 5 heteroatoms. The molecular weight excluding hydrogens is 422 g/mol. The number of H-pyrrole nitrogens is 1. The van der Waals surface area contributed by atoms with Gasteiger partial charge in [-0.25, -0.2) is 9.97 Å². The predicted molar refractivity (Wildman–Crippen MR) is 140 cm³/mol. The Balaban J connectivity index is 1.60. The summed E-state index contributed by atoms with van der Waals surface area (Å²) in [6.07, 6.45) is 17.9. The van der Waals surface area contributed by atoms with E-state index in [9.17, 15) is 0 Å². The van der Waals surface area contributed by atoms with Crippen LogP contribution in [0.2, 0.25) is 0 Å². The highest BCUT2D eigenvalue weighted by Crippen LogP contribution is 2.27. The van der Waals surface area contributed by atoms with Crippen LogP contribution in [0.5, 0.6) is 0 Å². The molecule has 0 fully saturated rings. The van der Waals surface area contributed by atoms with Gasteiger partial charge < -0.3 is 14.1 Å². The van der Waals surface area contributed by atoms with Crippen LogP contribution >= 0.6 is 0 Å². The summed E-state index contributed by atoms with van der Waals surface area (Å²) >= 11 is 0. The van der Waals surface area contributed by atoms with Crippen molar-refractivity contribution >= 4 is 17.2 Å². The molecule has 1 N–H and O–H groups in total. The number of oxazole rings is 1. The van der Waals surface area contributed by atoms with Crippen molar-refractivity contribution in [2.24, 2.45) is 0 Å². The van der Waals surface area contributed by atoms with Gasteiger partial charge in [-0.1, -0.05) is 57.0 Å². The van der Waals surface area contributed by atoms with E-state index in [1.54, 1.807) is 19.6 Å². The number of unbranched alkanes of at least 4 members (excludes halogenated alkanes) is 4. The number of aryl methyl sites for hydroxylation is 2. The number of methoxy groups -OCH3 is 1. The highest BCUT2D eigenvalue weighted by Gasteiger charge is 2.13. The number of hydrogen-bond acceptors (Lipinski definition) is 4. The Morgan fingerprint density at radius 1 is 1.15 bits per heavy atom. The average molecular weight is 460 g/mol. The van der Waals surface area contributed by atoms with Crippen molar-refractivity contribution in [1.82, 2.24) is 15.0 Å². The molecule has 34 heavy (non-hydrogen) atoms. The molecule has 0 unspecified atom stereocenters. The highest BCUT2D eigenvalue weighted by atomic mass is 16.5. The highest BCUT2D eigenvalue weighted by molar-refractivity contribution is 5.88. The number of aromatic amines is 1. The summed E-state index contributed by atoms with van der Waals surface area (Å²) in [5.74, 6) is 2.55. The van der Waals surface area contributed by atoms with Gasteiger partial charge in [-0.2, -0.15) is 0 Å². The Kier molecular flexibility index (Phi) is 9.96. The lowest BCUT2D eigenvalue weighted by atomic mass is 10.0. The van der Waals surface area contributed by atoms with E-state index in [4.69, 9.17) is 9.15 Å². The topological polar surface area (TPSA) is 63.9 Å². The van der Waals surface area contributed by atoms with E-state index in [1.807, 2.05) is 6.20 Å². The van der Waals surface area contributed by atoms with E-state index < -0.39 is 0 Å². The normalized spacial score (nSPS) is 12.2. The summed E-state index contributed by atoms with van der Waals surface area (Å²) in [7, 11) is 1.74. The number of benzene rings is 1. The molecule has 1 aromatic carbocycles. The van der Waals surface area contributed by atoms with Crippen LogP contribution in [0.4, 0.5) is 0 Å². The summed E-state index contributed by atoms with van der Waals surface area (Å²) in [6.45, 7) is 8.37. The molecule has 3 aromatic rings. The molecule has 0 saturated carbocycles. The van der Waals surface area contributed by atoms with E-state index in [2.05, 4.69) is 71.8 Å². The molecule has 0 saturated heterocycles. The van der Waals surface area contributed by atoms with Crippen LogP contribution in [-0.2, 0) is 11.2 Å². The average Bonchev–Trinajstić information content (AvgIpc) is 3.55. The lowest BCUT2D eigenvalue weighted by Gasteiger charge is -2.11. The zero-order chi connectivity index (χ0) is 24.2. The minimum Gasteiger partial charge on any atom is -0.496 e. The van der Waals surface area contributed by atoms with Crippen LogP contribution in [-0.4, -0.2) is 22.1 Å². The smallest absolute Gasteiger partial charge is 0.221 e. The Hall–Kier alpha value is -3.34. The monoisotopic (exact) mass is 459 g/mol. The van der Waals surface area contributed by atoms with E-state index in [-0.39, 0.29) is 0 Å². The van der Waals surface area contributed by atoms with Crippen molar-refractivity contribution in [3.05, 3.63) is 89.9 Å². The first kappa shape index (κ1) is 25.3. The van der Waals surface area contributed by atoms with Gasteiger partial charge >= 0.3 is 0 Å². The quantitative estimate of drug-likeness (QED) is 0.152. The summed E-state index contributed by atoms with van der Waals surface area (Å²) in [6, 6.07) is 8.40. The third-order valence-corrected chi connectivity index (χ3v) is 5.89. The molecular formula is C29H37N3O2. The first-order valence-corrected chi connectivity index (χ1v) is 12.3. The van der Waals surface area contributed by atoms with Crippen molar-refractivity contribution in [2.75, 3.05) is 7.11 Å². The predicted octanol–water partition coefficient (Wildman–Crippen LogP) is 7.78. The lowest BCUT2D eigenvalue weighted by molar-refractivity contribution is 0.309. The number of aromatic nitrogens is 3. The molecule has 0 aliphatic carbocycles. The van der Waals surface area contributed by atoms with Crippen LogP contribution < -0.4 is 0 Å². The molecule has 0 radical (unpaired) electrons. The molecule has 5 nitrogen and oxygen atoms in total. The van der Waals surface area contributed by atoms with E-state index in [0.717, 1.165) is 79.8 Å². The number of allylic oxidation sites excluding steroid dienone is 3. The van der Waals surface area contributed by atoms with Crippen molar-refractivity contribution in [2.45, 2.75) is 65.2 Å². The van der Waals surface area contributed by atoms with Gasteiger partial charge in [0.15, 0.2) is 0 Å². The second-order valence-corrected chi connectivity index (χ2v) is 8.57. The standard InChI is InChI=1S/C29H37N3O2/c1-5-6-16-27(33-4)25(20-24-15-12-11-13-22(24)2)26-21-31-28(32-26)17-10-8-7-9-14-23(3)29-30-18-19-34-29/h11-13,15-16,18-21H,3,5-10,14,17H2,1-2,4H3,(H,31,32)/b25-20-,27-16-. The zero-order valence-corrected chi connectivity index (χ0v) is 20.8. The fourth-order valence-electron chi connectivity index (χ4n) is 3.88. The molecule has 0 atom stereocenters. The van der Waals surface area contributed by atoms with E-state index in [1.165, 1.54) is 11.1 Å². The van der Waals surface area contributed by atoms with Crippen LogP contribution in [0.15, 0.2) is 65.8 Å². The fraction of sp³-hybridized carbons (Fsp3) is 0.379. The zero-order valence-electron chi connectivity index (χ0n) is 20.8. The van der Waals surface area contributed by atoms with Crippen LogP contribution in [0.25, 0.3) is 17.2 Å². The fourth-order valence-corrected chi connectivity index (χ4v) is 3.88. The maximum absolute atomic E-state index is 5.79. The Morgan fingerprint density at radius 2 is 1.97 bits per heavy atom. The Bertz CT molecular complexity index is 1090. The maximum atomic E-state index is 5.79. The molecule has 2 heterocycles. The van der Waals surface area contributed by atoms with Gasteiger partial charge in [0.05, 0.1) is 25.2 Å². The summed E-state index contributed by atoms with van der Waals surface area (Å²) in [5.41, 5.74) is 5.41. The van der Waals surface area contributed by atoms with E-state index in [0.29, 0.717) is 5.89 Å². The molecule has 0 spiro atoms. The molecule has 0 bridgehead atoms. The number of nitrogens with zero attached hydrogens (tertiary/aromatic N) is 2. The van der Waals surface area contributed by atoms with Crippen molar-refractivity contribution in [1.29, 1.82) is 0 Å². The van der Waals surface area contributed by atoms with Gasteiger partial charge in [0, 0.05) is 17.6 Å². The van der Waals surface area contributed by atoms with Crippen molar-refractivity contribution in [3.8, 4) is 0 Å². The molecule has 0 aliphatic rings. The van der Waals surface area contributed by atoms with Gasteiger partial charge in [-0.3, -0.25) is 0 Å². The molecule has 0 aliphatic heterocycles. The number of rotatable bonds is 14. The summed E-state index contributed by atoms with van der Waals surface area (Å²) < 4.78 is 11.1.